The van der Waals surface area contributed by atoms with Crippen LogP contribution in [-0.4, -0.2) is 31.2 Å². The fourth-order valence-corrected chi connectivity index (χ4v) is 1.11. The number of hydrogen-bond acceptors (Lipinski definition) is 5. The van der Waals surface area contributed by atoms with Crippen molar-refractivity contribution in [3.63, 3.8) is 0 Å². The van der Waals surface area contributed by atoms with Gasteiger partial charge in [0.2, 0.25) is 0 Å². The lowest BCUT2D eigenvalue weighted by atomic mass is 10.3. The van der Waals surface area contributed by atoms with Gasteiger partial charge in [0.15, 0.2) is 0 Å². The second-order valence-electron chi connectivity index (χ2n) is 3.01. The summed E-state index contributed by atoms with van der Waals surface area (Å²) < 4.78 is 4.57. The van der Waals surface area contributed by atoms with Gasteiger partial charge in [-0.15, -0.1) is 0 Å². The Morgan fingerprint density at radius 3 is 3.12 bits per heavy atom. The maximum absolute atomic E-state index is 11.2. The molecule has 1 heterocycles. The summed E-state index contributed by atoms with van der Waals surface area (Å²) in [5.74, 6) is -0.443. The molecule has 0 fully saturated rings. The van der Waals surface area contributed by atoms with E-state index in [9.17, 15) is 4.79 Å². The summed E-state index contributed by atoms with van der Waals surface area (Å²) in [7, 11) is 1.33. The number of nitrogens with one attached hydrogen (secondary N) is 1. The summed E-state index contributed by atoms with van der Waals surface area (Å²) in [6.45, 7) is 1.17. The molecular weight excluding hydrogens is 206 g/mol. The SMILES string of the molecule is COC(=O)c1cc(NC/C=C/CN)ccn1. The van der Waals surface area contributed by atoms with Crippen LogP contribution in [0.15, 0.2) is 30.5 Å². The Hall–Kier alpha value is -1.88. The van der Waals surface area contributed by atoms with Crippen LogP contribution in [-0.2, 0) is 4.74 Å². The molecule has 0 amide bonds. The van der Waals surface area contributed by atoms with Gasteiger partial charge in [0, 0.05) is 25.0 Å². The summed E-state index contributed by atoms with van der Waals surface area (Å²) in [4.78, 5) is 15.1. The molecule has 0 aliphatic heterocycles. The van der Waals surface area contributed by atoms with E-state index in [1.165, 1.54) is 7.11 Å². The van der Waals surface area contributed by atoms with Crippen molar-refractivity contribution in [2.45, 2.75) is 0 Å². The third kappa shape index (κ3) is 3.70. The molecule has 0 spiro atoms. The lowest BCUT2D eigenvalue weighted by Gasteiger charge is -2.04. The fraction of sp³-hybridized carbons (Fsp3) is 0.273. The molecule has 5 heteroatoms. The number of carbonyl (C=O) groups is 1. The molecule has 0 aliphatic carbocycles. The zero-order chi connectivity index (χ0) is 11.8. The molecule has 1 aromatic rings. The maximum Gasteiger partial charge on any atom is 0.356 e. The second kappa shape index (κ2) is 6.58. The minimum Gasteiger partial charge on any atom is -0.464 e. The van der Waals surface area contributed by atoms with Crippen molar-refractivity contribution in [2.24, 2.45) is 5.73 Å². The van der Waals surface area contributed by atoms with Crippen molar-refractivity contribution in [1.82, 2.24) is 4.98 Å². The van der Waals surface area contributed by atoms with Gasteiger partial charge in [-0.3, -0.25) is 0 Å². The number of methoxy groups -OCH3 is 1. The highest BCUT2D eigenvalue weighted by Crippen LogP contribution is 2.08. The smallest absolute Gasteiger partial charge is 0.356 e. The van der Waals surface area contributed by atoms with Crippen LogP contribution in [0.1, 0.15) is 10.5 Å². The van der Waals surface area contributed by atoms with Crippen molar-refractivity contribution < 1.29 is 9.53 Å². The van der Waals surface area contributed by atoms with Gasteiger partial charge in [-0.05, 0) is 12.1 Å². The van der Waals surface area contributed by atoms with Gasteiger partial charge in [0.05, 0.1) is 7.11 Å². The number of nitrogens with zero attached hydrogens (tertiary/aromatic N) is 1. The molecule has 0 radical (unpaired) electrons. The topological polar surface area (TPSA) is 77.2 Å². The van der Waals surface area contributed by atoms with Crippen molar-refractivity contribution in [3.8, 4) is 0 Å². The number of pyridine rings is 1. The minimum atomic E-state index is -0.443. The second-order valence-corrected chi connectivity index (χ2v) is 3.01. The van der Waals surface area contributed by atoms with Crippen LogP contribution in [0, 0.1) is 0 Å². The molecule has 16 heavy (non-hydrogen) atoms. The van der Waals surface area contributed by atoms with Crippen molar-refractivity contribution in [3.05, 3.63) is 36.2 Å². The average Bonchev–Trinajstić information content (AvgIpc) is 2.34. The highest BCUT2D eigenvalue weighted by atomic mass is 16.5. The van der Waals surface area contributed by atoms with Crippen molar-refractivity contribution >= 4 is 11.7 Å². The number of anilines is 1. The predicted octanol–water partition coefficient (Wildman–Crippen LogP) is 0.795. The molecule has 0 bridgehead atoms. The molecule has 0 saturated carbocycles. The van der Waals surface area contributed by atoms with E-state index in [2.05, 4.69) is 15.0 Å². The van der Waals surface area contributed by atoms with Gasteiger partial charge in [-0.25, -0.2) is 9.78 Å². The summed E-state index contributed by atoms with van der Waals surface area (Å²) in [5, 5.41) is 3.11. The standard InChI is InChI=1S/C11H15N3O2/c1-16-11(15)10-8-9(4-7-14-10)13-6-3-2-5-12/h2-4,7-8H,5-6,12H2,1H3,(H,13,14)/b3-2+. The number of carbonyl (C=O) groups excluding carboxylic acids is 1. The third-order valence-electron chi connectivity index (χ3n) is 1.88. The molecule has 5 nitrogen and oxygen atoms in total. The summed E-state index contributed by atoms with van der Waals surface area (Å²) in [6.07, 6.45) is 5.33. The number of hydrogen-bond donors (Lipinski definition) is 2. The van der Waals surface area contributed by atoms with Crippen LogP contribution in [0.3, 0.4) is 0 Å². The first-order valence-corrected chi connectivity index (χ1v) is 4.91. The molecule has 0 atom stereocenters. The van der Waals surface area contributed by atoms with Crippen LogP contribution >= 0.6 is 0 Å². The summed E-state index contributed by atoms with van der Waals surface area (Å²) >= 11 is 0. The highest BCUT2D eigenvalue weighted by Gasteiger charge is 2.06. The molecule has 0 aliphatic rings. The number of aromatic nitrogens is 1. The Labute approximate surface area is 94.3 Å². The molecule has 1 aromatic heterocycles. The fourth-order valence-electron chi connectivity index (χ4n) is 1.11. The number of rotatable bonds is 5. The van der Waals surface area contributed by atoms with Gasteiger partial charge in [-0.1, -0.05) is 12.2 Å². The molecule has 86 valence electrons. The van der Waals surface area contributed by atoms with Crippen LogP contribution in [0.5, 0.6) is 0 Å². The molecule has 1 rings (SSSR count). The van der Waals surface area contributed by atoms with Crippen molar-refractivity contribution in [2.75, 3.05) is 25.5 Å². The van der Waals surface area contributed by atoms with E-state index in [0.717, 1.165) is 5.69 Å². The largest absolute Gasteiger partial charge is 0.464 e. The first kappa shape index (κ1) is 12.2. The number of ether oxygens (including phenoxy) is 1. The first-order chi connectivity index (χ1) is 7.77. The Morgan fingerprint density at radius 2 is 2.44 bits per heavy atom. The van der Waals surface area contributed by atoms with Crippen molar-refractivity contribution in [1.29, 1.82) is 0 Å². The Balaban J connectivity index is 2.60. The predicted molar refractivity (Wildman–Crippen MR) is 62.3 cm³/mol. The van der Waals surface area contributed by atoms with Gasteiger partial charge < -0.3 is 15.8 Å². The molecule has 0 unspecified atom stereocenters. The van der Waals surface area contributed by atoms with Gasteiger partial charge in [-0.2, -0.15) is 0 Å². The van der Waals surface area contributed by atoms with Crippen LogP contribution in [0.4, 0.5) is 5.69 Å². The lowest BCUT2D eigenvalue weighted by molar-refractivity contribution is 0.0594. The van der Waals surface area contributed by atoms with Gasteiger partial charge >= 0.3 is 5.97 Å². The third-order valence-corrected chi connectivity index (χ3v) is 1.88. The van der Waals surface area contributed by atoms with E-state index >= 15 is 0 Å². The monoisotopic (exact) mass is 221 g/mol. The molecule has 0 saturated heterocycles. The van der Waals surface area contributed by atoms with Gasteiger partial charge in [0.1, 0.15) is 5.69 Å². The highest BCUT2D eigenvalue weighted by molar-refractivity contribution is 5.88. The Bertz CT molecular complexity index is 377. The van der Waals surface area contributed by atoms with Crippen LogP contribution < -0.4 is 11.1 Å². The van der Waals surface area contributed by atoms with E-state index in [4.69, 9.17) is 5.73 Å². The zero-order valence-electron chi connectivity index (χ0n) is 9.14. The van der Waals surface area contributed by atoms with Crippen LogP contribution in [0.2, 0.25) is 0 Å². The first-order valence-electron chi connectivity index (χ1n) is 4.91. The number of esters is 1. The van der Waals surface area contributed by atoms with E-state index in [0.29, 0.717) is 13.1 Å². The zero-order valence-corrected chi connectivity index (χ0v) is 9.14. The van der Waals surface area contributed by atoms with Gasteiger partial charge in [0.25, 0.3) is 0 Å². The van der Waals surface area contributed by atoms with E-state index in [-0.39, 0.29) is 5.69 Å². The van der Waals surface area contributed by atoms with E-state index in [1.807, 2.05) is 12.2 Å². The quantitative estimate of drug-likeness (QED) is 0.568. The van der Waals surface area contributed by atoms with E-state index < -0.39 is 5.97 Å². The minimum absolute atomic E-state index is 0.287. The average molecular weight is 221 g/mol. The van der Waals surface area contributed by atoms with Crippen LogP contribution in [0.25, 0.3) is 0 Å². The maximum atomic E-state index is 11.2. The number of nitrogens with two attached hydrogens (primary N) is 1. The Kier molecular flexibility index (Phi) is 5.01. The summed E-state index contributed by atoms with van der Waals surface area (Å²) in [6, 6.07) is 3.42. The molecular formula is C11H15N3O2. The summed E-state index contributed by atoms with van der Waals surface area (Å²) in [5.41, 5.74) is 6.41. The molecule has 3 N–H and O–H groups in total. The lowest BCUT2D eigenvalue weighted by Crippen LogP contribution is -2.06. The van der Waals surface area contributed by atoms with E-state index in [1.54, 1.807) is 18.3 Å². The normalized spacial score (nSPS) is 10.4. The Morgan fingerprint density at radius 1 is 1.62 bits per heavy atom. The molecule has 0 aromatic carbocycles.